The summed E-state index contributed by atoms with van der Waals surface area (Å²) in [4.78, 5) is 10.8. The molecule has 0 aliphatic rings. The van der Waals surface area contributed by atoms with Gasteiger partial charge in [0.05, 0.1) is 6.54 Å². The van der Waals surface area contributed by atoms with Gasteiger partial charge in [0.15, 0.2) is 0 Å². The molecule has 2 N–H and O–H groups in total. The van der Waals surface area contributed by atoms with E-state index in [0.29, 0.717) is 10.8 Å². The molecule has 0 radical (unpaired) electrons. The predicted molar refractivity (Wildman–Crippen MR) is 70.3 cm³/mol. The summed E-state index contributed by atoms with van der Waals surface area (Å²) < 4.78 is 5.45. The number of fused-ring (bicyclic) bond motifs is 1. The lowest BCUT2D eigenvalue weighted by molar-refractivity contribution is -0.163. The summed E-state index contributed by atoms with van der Waals surface area (Å²) in [5.41, 5.74) is 0. The number of nitrogens with zero attached hydrogens (tertiary/aromatic N) is 1. The third-order valence-electron chi connectivity index (χ3n) is 2.73. The van der Waals surface area contributed by atoms with Crippen molar-refractivity contribution in [2.75, 3.05) is 13.2 Å². The first kappa shape index (κ1) is 13.2. The number of rotatable bonds is 4. The lowest BCUT2D eigenvalue weighted by Gasteiger charge is -2.13. The minimum absolute atomic E-state index is 0.114. The normalized spacial score (nSPS) is 10.4. The molecule has 0 saturated heterocycles. The summed E-state index contributed by atoms with van der Waals surface area (Å²) in [6, 6.07) is 10.5. The zero-order valence-electron chi connectivity index (χ0n) is 10.5. The van der Waals surface area contributed by atoms with Crippen molar-refractivity contribution >= 4 is 16.7 Å². The minimum atomic E-state index is -0.419. The summed E-state index contributed by atoms with van der Waals surface area (Å²) >= 11 is 0. The number of carbonyl (C=O) groups excluding carboxylic acids is 1. The van der Waals surface area contributed by atoms with E-state index in [9.17, 15) is 15.1 Å². The SMILES string of the molecule is CC(=O)N(O)CCOc1ccc2cc(O)ccc2c1. The zero-order chi connectivity index (χ0) is 13.8. The second-order valence-electron chi connectivity index (χ2n) is 4.18. The van der Waals surface area contributed by atoms with Crippen molar-refractivity contribution in [2.24, 2.45) is 0 Å². The van der Waals surface area contributed by atoms with Crippen LogP contribution in [-0.2, 0) is 4.79 Å². The molecule has 0 heterocycles. The lowest BCUT2D eigenvalue weighted by Crippen LogP contribution is -2.29. The maximum absolute atomic E-state index is 10.8. The zero-order valence-corrected chi connectivity index (χ0v) is 10.5. The van der Waals surface area contributed by atoms with E-state index in [1.165, 1.54) is 6.92 Å². The number of phenols is 1. The molecule has 2 rings (SSSR count). The number of amides is 1. The van der Waals surface area contributed by atoms with Crippen molar-refractivity contribution in [3.8, 4) is 11.5 Å². The van der Waals surface area contributed by atoms with Gasteiger partial charge >= 0.3 is 0 Å². The maximum atomic E-state index is 10.8. The maximum Gasteiger partial charge on any atom is 0.242 e. The average Bonchev–Trinajstić information content (AvgIpc) is 2.38. The Labute approximate surface area is 110 Å². The van der Waals surface area contributed by atoms with Crippen molar-refractivity contribution in [1.29, 1.82) is 0 Å². The number of hydroxylamine groups is 2. The Hall–Kier alpha value is -2.27. The molecule has 5 nitrogen and oxygen atoms in total. The summed E-state index contributed by atoms with van der Waals surface area (Å²) in [6.45, 7) is 1.60. The number of benzene rings is 2. The second kappa shape index (κ2) is 5.58. The molecule has 0 aromatic heterocycles. The first-order valence-electron chi connectivity index (χ1n) is 5.89. The number of hydrogen-bond acceptors (Lipinski definition) is 4. The molecule has 1 amide bonds. The second-order valence-corrected chi connectivity index (χ2v) is 4.18. The Balaban J connectivity index is 2.02. The first-order valence-corrected chi connectivity index (χ1v) is 5.89. The van der Waals surface area contributed by atoms with Crippen LogP contribution in [0.3, 0.4) is 0 Å². The molecule has 0 unspecified atom stereocenters. The van der Waals surface area contributed by atoms with Crippen molar-refractivity contribution in [3.05, 3.63) is 36.4 Å². The fourth-order valence-corrected chi connectivity index (χ4v) is 1.71. The molecule has 2 aromatic carbocycles. The number of hydrogen-bond donors (Lipinski definition) is 2. The van der Waals surface area contributed by atoms with Crippen LogP contribution in [0, 0.1) is 0 Å². The van der Waals surface area contributed by atoms with Gasteiger partial charge in [0.2, 0.25) is 5.91 Å². The van der Waals surface area contributed by atoms with E-state index in [4.69, 9.17) is 4.74 Å². The van der Waals surface area contributed by atoms with Crippen LogP contribution in [0.25, 0.3) is 10.8 Å². The molecule has 0 aliphatic carbocycles. The van der Waals surface area contributed by atoms with Crippen LogP contribution in [0.15, 0.2) is 36.4 Å². The summed E-state index contributed by atoms with van der Waals surface area (Å²) in [7, 11) is 0. The Morgan fingerprint density at radius 2 is 1.89 bits per heavy atom. The molecule has 2 aromatic rings. The lowest BCUT2D eigenvalue weighted by atomic mass is 10.1. The molecule has 0 fully saturated rings. The van der Waals surface area contributed by atoms with Crippen molar-refractivity contribution in [3.63, 3.8) is 0 Å². The van der Waals surface area contributed by atoms with Gasteiger partial charge in [-0.25, -0.2) is 5.06 Å². The molecule has 0 spiro atoms. The van der Waals surface area contributed by atoms with Gasteiger partial charge in [-0.3, -0.25) is 10.0 Å². The Kier molecular flexibility index (Phi) is 3.87. The van der Waals surface area contributed by atoms with E-state index in [-0.39, 0.29) is 18.9 Å². The fraction of sp³-hybridized carbons (Fsp3) is 0.214. The monoisotopic (exact) mass is 261 g/mol. The molecule has 5 heteroatoms. The van der Waals surface area contributed by atoms with Crippen LogP contribution in [0.2, 0.25) is 0 Å². The van der Waals surface area contributed by atoms with E-state index in [1.807, 2.05) is 12.1 Å². The minimum Gasteiger partial charge on any atom is -0.508 e. The van der Waals surface area contributed by atoms with Gasteiger partial charge in [0.1, 0.15) is 18.1 Å². The highest BCUT2D eigenvalue weighted by atomic mass is 16.5. The van der Waals surface area contributed by atoms with Crippen molar-refractivity contribution < 1.29 is 19.8 Å². The highest BCUT2D eigenvalue weighted by Gasteiger charge is 2.04. The number of aromatic hydroxyl groups is 1. The van der Waals surface area contributed by atoms with Crippen LogP contribution < -0.4 is 4.74 Å². The molecule has 19 heavy (non-hydrogen) atoms. The molecular formula is C14H15NO4. The van der Waals surface area contributed by atoms with E-state index >= 15 is 0 Å². The molecule has 100 valence electrons. The van der Waals surface area contributed by atoms with Crippen LogP contribution in [0.5, 0.6) is 11.5 Å². The van der Waals surface area contributed by atoms with Crippen molar-refractivity contribution in [2.45, 2.75) is 6.92 Å². The van der Waals surface area contributed by atoms with Gasteiger partial charge < -0.3 is 9.84 Å². The van der Waals surface area contributed by atoms with Crippen LogP contribution in [-0.4, -0.2) is 34.4 Å². The van der Waals surface area contributed by atoms with Gasteiger partial charge in [0.25, 0.3) is 0 Å². The van der Waals surface area contributed by atoms with Gasteiger partial charge in [-0.1, -0.05) is 12.1 Å². The fourth-order valence-electron chi connectivity index (χ4n) is 1.71. The van der Waals surface area contributed by atoms with Gasteiger partial charge in [-0.15, -0.1) is 0 Å². The van der Waals surface area contributed by atoms with Crippen molar-refractivity contribution in [1.82, 2.24) is 5.06 Å². The summed E-state index contributed by atoms with van der Waals surface area (Å²) in [5, 5.41) is 21.0. The molecule has 0 saturated carbocycles. The first-order chi connectivity index (χ1) is 9.06. The predicted octanol–water partition coefficient (Wildman–Crippen LogP) is 2.16. The highest BCUT2D eigenvalue weighted by Crippen LogP contribution is 2.24. The van der Waals surface area contributed by atoms with E-state index in [0.717, 1.165) is 10.8 Å². The quantitative estimate of drug-likeness (QED) is 0.653. The van der Waals surface area contributed by atoms with Crippen LogP contribution >= 0.6 is 0 Å². The summed E-state index contributed by atoms with van der Waals surface area (Å²) in [6.07, 6.45) is 0. The number of carbonyl (C=O) groups is 1. The molecule has 0 aliphatic heterocycles. The Morgan fingerprint density at radius 1 is 1.21 bits per heavy atom. The van der Waals surface area contributed by atoms with E-state index in [1.54, 1.807) is 24.3 Å². The molecule has 0 atom stereocenters. The van der Waals surface area contributed by atoms with Gasteiger partial charge in [-0.2, -0.15) is 0 Å². The average molecular weight is 261 g/mol. The van der Waals surface area contributed by atoms with Crippen LogP contribution in [0.1, 0.15) is 6.92 Å². The highest BCUT2D eigenvalue weighted by molar-refractivity contribution is 5.85. The van der Waals surface area contributed by atoms with E-state index in [2.05, 4.69) is 0 Å². The number of phenolic OH excluding ortho intramolecular Hbond substituents is 1. The summed E-state index contributed by atoms with van der Waals surface area (Å²) in [5.74, 6) is 0.450. The Morgan fingerprint density at radius 3 is 2.63 bits per heavy atom. The standard InChI is InChI=1S/C14H15NO4/c1-10(16)15(18)6-7-19-14-5-3-11-8-13(17)4-2-12(11)9-14/h2-5,8-9,17-18H,6-7H2,1H3. The van der Waals surface area contributed by atoms with Gasteiger partial charge in [-0.05, 0) is 35.0 Å². The smallest absolute Gasteiger partial charge is 0.242 e. The topological polar surface area (TPSA) is 70.0 Å². The molecular weight excluding hydrogens is 246 g/mol. The molecule has 0 bridgehead atoms. The third kappa shape index (κ3) is 3.35. The van der Waals surface area contributed by atoms with Crippen LogP contribution in [0.4, 0.5) is 0 Å². The largest absolute Gasteiger partial charge is 0.508 e. The third-order valence-corrected chi connectivity index (χ3v) is 2.73. The van der Waals surface area contributed by atoms with Gasteiger partial charge in [0, 0.05) is 6.92 Å². The van der Waals surface area contributed by atoms with E-state index < -0.39 is 5.91 Å². The number of ether oxygens (including phenoxy) is 1. The Bertz CT molecular complexity index is 597.